The van der Waals surface area contributed by atoms with Crippen molar-refractivity contribution in [2.24, 2.45) is 0 Å². The molecule has 0 bridgehead atoms. The van der Waals surface area contributed by atoms with Gasteiger partial charge in [0.25, 0.3) is 5.91 Å². The predicted molar refractivity (Wildman–Crippen MR) is 114 cm³/mol. The molecule has 0 spiro atoms. The molecule has 5 heteroatoms. The number of anilines is 3. The number of carbonyl (C=O) groups is 2. The second-order valence-corrected chi connectivity index (χ2v) is 6.72. The van der Waals surface area contributed by atoms with Crippen molar-refractivity contribution in [2.45, 2.75) is 20.8 Å². The number of aryl methyl sites for hydroxylation is 3. The molecule has 0 aromatic heterocycles. The van der Waals surface area contributed by atoms with Crippen molar-refractivity contribution in [1.82, 2.24) is 0 Å². The molecular weight excluding hydrogens is 350 g/mol. The molecule has 3 aromatic rings. The average Bonchev–Trinajstić information content (AvgIpc) is 2.63. The lowest BCUT2D eigenvalue weighted by atomic mass is 9.99. The first-order valence-electron chi connectivity index (χ1n) is 9.05. The molecule has 3 rings (SSSR count). The van der Waals surface area contributed by atoms with E-state index >= 15 is 0 Å². The molecule has 0 aliphatic rings. The van der Waals surface area contributed by atoms with Gasteiger partial charge >= 0.3 is 6.03 Å². The van der Waals surface area contributed by atoms with Crippen LogP contribution in [0.3, 0.4) is 0 Å². The molecule has 0 unspecified atom stereocenters. The minimum atomic E-state index is -0.379. The third-order valence-corrected chi connectivity index (χ3v) is 4.36. The maximum atomic E-state index is 12.9. The van der Waals surface area contributed by atoms with Crippen LogP contribution in [0.5, 0.6) is 0 Å². The number of rotatable bonds is 4. The van der Waals surface area contributed by atoms with Crippen molar-refractivity contribution >= 4 is 29.0 Å². The van der Waals surface area contributed by atoms with E-state index in [-0.39, 0.29) is 11.9 Å². The highest BCUT2D eigenvalue weighted by molar-refractivity contribution is 6.09. The number of benzene rings is 3. The zero-order valence-corrected chi connectivity index (χ0v) is 16.2. The molecule has 3 N–H and O–H groups in total. The lowest BCUT2D eigenvalue weighted by molar-refractivity contribution is 0.102. The normalized spacial score (nSPS) is 10.2. The van der Waals surface area contributed by atoms with E-state index in [1.54, 1.807) is 30.3 Å². The summed E-state index contributed by atoms with van der Waals surface area (Å²) in [6, 6.07) is 19.9. The van der Waals surface area contributed by atoms with E-state index in [0.29, 0.717) is 22.6 Å². The average molecular weight is 373 g/mol. The van der Waals surface area contributed by atoms with Crippen LogP contribution in [-0.2, 0) is 0 Å². The summed E-state index contributed by atoms with van der Waals surface area (Å²) in [5.41, 5.74) is 5.35. The summed E-state index contributed by atoms with van der Waals surface area (Å²) in [5, 5.41) is 8.47. The van der Waals surface area contributed by atoms with Gasteiger partial charge in [0.15, 0.2) is 0 Å². The van der Waals surface area contributed by atoms with Gasteiger partial charge in [-0.3, -0.25) is 4.79 Å². The molecule has 0 atom stereocenters. The molecule has 142 valence electrons. The highest BCUT2D eigenvalue weighted by Gasteiger charge is 2.15. The minimum Gasteiger partial charge on any atom is -0.320 e. The third kappa shape index (κ3) is 4.57. The van der Waals surface area contributed by atoms with Gasteiger partial charge in [-0.15, -0.1) is 0 Å². The molecule has 0 fully saturated rings. The van der Waals surface area contributed by atoms with Crippen molar-refractivity contribution in [3.05, 3.63) is 89.0 Å². The second kappa shape index (κ2) is 8.39. The van der Waals surface area contributed by atoms with Crippen LogP contribution in [0.2, 0.25) is 0 Å². The molecule has 3 amide bonds. The lowest BCUT2D eigenvalue weighted by Crippen LogP contribution is -2.21. The molecule has 0 aliphatic heterocycles. The Morgan fingerprint density at radius 3 is 1.82 bits per heavy atom. The Bertz CT molecular complexity index is 990. The van der Waals surface area contributed by atoms with Gasteiger partial charge in [0.2, 0.25) is 0 Å². The van der Waals surface area contributed by atoms with Gasteiger partial charge in [0.1, 0.15) is 0 Å². The van der Waals surface area contributed by atoms with E-state index in [4.69, 9.17) is 0 Å². The maximum absolute atomic E-state index is 12.9. The van der Waals surface area contributed by atoms with Crippen molar-refractivity contribution in [3.8, 4) is 0 Å². The smallest absolute Gasteiger partial charge is 0.320 e. The summed E-state index contributed by atoms with van der Waals surface area (Å²) in [6.45, 7) is 5.85. The number of carbonyl (C=O) groups excluding carboxylic acids is 2. The van der Waals surface area contributed by atoms with Crippen LogP contribution in [0.4, 0.5) is 21.9 Å². The fourth-order valence-electron chi connectivity index (χ4n) is 3.23. The summed E-state index contributed by atoms with van der Waals surface area (Å²) in [4.78, 5) is 25.2. The number of para-hydroxylation sites is 3. The van der Waals surface area contributed by atoms with Gasteiger partial charge in [-0.1, -0.05) is 48.0 Å². The largest absolute Gasteiger partial charge is 0.323 e. The van der Waals surface area contributed by atoms with Crippen LogP contribution >= 0.6 is 0 Å². The number of hydrogen-bond donors (Lipinski definition) is 3. The summed E-state index contributed by atoms with van der Waals surface area (Å²) in [5.74, 6) is -0.201. The van der Waals surface area contributed by atoms with Gasteiger partial charge in [0, 0.05) is 11.3 Å². The standard InChI is InChI=1S/C23H23N3O2/c1-15-13-16(2)21(17(3)14-15)22(27)25-19-11-7-8-12-20(19)26-23(28)24-18-9-5-4-6-10-18/h4-14H,1-3H3,(H,25,27)(H2,24,26,28). The molecule has 0 heterocycles. The van der Waals surface area contributed by atoms with E-state index in [1.807, 2.05) is 57.2 Å². The van der Waals surface area contributed by atoms with Crippen molar-refractivity contribution in [3.63, 3.8) is 0 Å². The monoisotopic (exact) mass is 373 g/mol. The fraction of sp³-hybridized carbons (Fsp3) is 0.130. The van der Waals surface area contributed by atoms with E-state index in [0.717, 1.165) is 16.7 Å². The summed E-state index contributed by atoms with van der Waals surface area (Å²) < 4.78 is 0. The topological polar surface area (TPSA) is 70.2 Å². The molecule has 0 saturated carbocycles. The summed E-state index contributed by atoms with van der Waals surface area (Å²) in [7, 11) is 0. The fourth-order valence-corrected chi connectivity index (χ4v) is 3.23. The van der Waals surface area contributed by atoms with Gasteiger partial charge < -0.3 is 16.0 Å². The quantitative estimate of drug-likeness (QED) is 0.564. The zero-order chi connectivity index (χ0) is 20.1. The lowest BCUT2D eigenvalue weighted by Gasteiger charge is -2.15. The number of nitrogens with one attached hydrogen (secondary N) is 3. The third-order valence-electron chi connectivity index (χ3n) is 4.36. The molecular formula is C23H23N3O2. The maximum Gasteiger partial charge on any atom is 0.323 e. The summed E-state index contributed by atoms with van der Waals surface area (Å²) in [6.07, 6.45) is 0. The molecule has 3 aromatic carbocycles. The van der Waals surface area contributed by atoms with Crippen LogP contribution < -0.4 is 16.0 Å². The van der Waals surface area contributed by atoms with Crippen LogP contribution in [0.1, 0.15) is 27.0 Å². The van der Waals surface area contributed by atoms with Gasteiger partial charge in [-0.2, -0.15) is 0 Å². The van der Waals surface area contributed by atoms with E-state index in [1.165, 1.54) is 0 Å². The first kappa shape index (κ1) is 19.2. The van der Waals surface area contributed by atoms with Crippen LogP contribution in [0.15, 0.2) is 66.7 Å². The Morgan fingerprint density at radius 1 is 0.679 bits per heavy atom. The molecule has 0 radical (unpaired) electrons. The van der Waals surface area contributed by atoms with Crippen LogP contribution in [-0.4, -0.2) is 11.9 Å². The first-order chi connectivity index (χ1) is 13.4. The van der Waals surface area contributed by atoms with Crippen LogP contribution in [0.25, 0.3) is 0 Å². The van der Waals surface area contributed by atoms with E-state index in [9.17, 15) is 9.59 Å². The van der Waals surface area contributed by atoms with Gasteiger partial charge in [0.05, 0.1) is 11.4 Å². The Balaban J connectivity index is 1.77. The number of urea groups is 1. The minimum absolute atomic E-state index is 0.201. The molecule has 0 saturated heterocycles. The first-order valence-corrected chi connectivity index (χ1v) is 9.05. The molecule has 5 nitrogen and oxygen atoms in total. The Labute approximate surface area is 164 Å². The van der Waals surface area contributed by atoms with E-state index in [2.05, 4.69) is 16.0 Å². The Kier molecular flexibility index (Phi) is 5.75. The second-order valence-electron chi connectivity index (χ2n) is 6.72. The SMILES string of the molecule is Cc1cc(C)c(C(=O)Nc2ccccc2NC(=O)Nc2ccccc2)c(C)c1. The van der Waals surface area contributed by atoms with Gasteiger partial charge in [-0.05, 0) is 56.2 Å². The number of hydrogen-bond acceptors (Lipinski definition) is 2. The summed E-state index contributed by atoms with van der Waals surface area (Å²) >= 11 is 0. The number of amides is 3. The Hall–Kier alpha value is -3.60. The molecule has 0 aliphatic carbocycles. The van der Waals surface area contributed by atoms with Crippen molar-refractivity contribution < 1.29 is 9.59 Å². The van der Waals surface area contributed by atoms with Crippen molar-refractivity contribution in [2.75, 3.05) is 16.0 Å². The predicted octanol–water partition coefficient (Wildman–Crippen LogP) is 5.51. The van der Waals surface area contributed by atoms with Gasteiger partial charge in [-0.25, -0.2) is 4.79 Å². The van der Waals surface area contributed by atoms with Crippen LogP contribution in [0, 0.1) is 20.8 Å². The highest BCUT2D eigenvalue weighted by atomic mass is 16.2. The van der Waals surface area contributed by atoms with E-state index < -0.39 is 0 Å². The molecule has 28 heavy (non-hydrogen) atoms. The highest BCUT2D eigenvalue weighted by Crippen LogP contribution is 2.24. The van der Waals surface area contributed by atoms with Crippen molar-refractivity contribution in [1.29, 1.82) is 0 Å². The Morgan fingerprint density at radius 2 is 1.21 bits per heavy atom. The zero-order valence-electron chi connectivity index (χ0n) is 16.2.